The molecule has 0 spiro atoms. The molecule has 0 bridgehead atoms. The minimum absolute atomic E-state index is 0.931. The highest BCUT2D eigenvalue weighted by Gasteiger charge is 1.98. The molecule has 0 radical (unpaired) electrons. The van der Waals surface area contributed by atoms with Gasteiger partial charge in [0.05, 0.1) is 5.56 Å². The fourth-order valence-corrected chi connectivity index (χ4v) is 1.43. The SMILES string of the molecule is [N-]=[N+]=Cc1cccc2ccccc12. The zero-order chi connectivity index (χ0) is 9.10. The zero-order valence-corrected chi connectivity index (χ0v) is 7.01. The molecule has 0 aliphatic rings. The third-order valence-electron chi connectivity index (χ3n) is 2.02. The van der Waals surface area contributed by atoms with Crippen LogP contribution < -0.4 is 0 Å². The molecule has 0 saturated carbocycles. The second-order valence-corrected chi connectivity index (χ2v) is 2.81. The number of hydrogen-bond donors (Lipinski definition) is 0. The van der Waals surface area contributed by atoms with E-state index in [1.54, 1.807) is 0 Å². The van der Waals surface area contributed by atoms with E-state index in [0.29, 0.717) is 0 Å². The Hall–Kier alpha value is -1.92. The van der Waals surface area contributed by atoms with Crippen molar-refractivity contribution in [1.82, 2.24) is 0 Å². The van der Waals surface area contributed by atoms with Gasteiger partial charge in [-0.3, -0.25) is 0 Å². The lowest BCUT2D eigenvalue weighted by Gasteiger charge is -1.96. The van der Waals surface area contributed by atoms with Crippen LogP contribution in [0, 0.1) is 0 Å². The molecule has 2 aromatic rings. The van der Waals surface area contributed by atoms with Gasteiger partial charge < -0.3 is 5.53 Å². The van der Waals surface area contributed by atoms with E-state index >= 15 is 0 Å². The maximum atomic E-state index is 8.45. The van der Waals surface area contributed by atoms with Crippen LogP contribution in [-0.4, -0.2) is 11.0 Å². The van der Waals surface area contributed by atoms with E-state index in [1.165, 1.54) is 6.21 Å². The van der Waals surface area contributed by atoms with Crippen LogP contribution in [-0.2, 0) is 0 Å². The first-order chi connectivity index (χ1) is 6.42. The third-order valence-corrected chi connectivity index (χ3v) is 2.02. The Morgan fingerprint density at radius 1 is 1.00 bits per heavy atom. The Morgan fingerprint density at radius 2 is 1.77 bits per heavy atom. The topological polar surface area (TPSA) is 36.4 Å². The molecule has 0 saturated heterocycles. The van der Waals surface area contributed by atoms with Crippen molar-refractivity contribution in [3.8, 4) is 0 Å². The summed E-state index contributed by atoms with van der Waals surface area (Å²) in [6.45, 7) is 0. The van der Waals surface area contributed by atoms with E-state index in [1.807, 2.05) is 42.5 Å². The molecule has 2 nitrogen and oxygen atoms in total. The van der Waals surface area contributed by atoms with Gasteiger partial charge in [-0.25, -0.2) is 0 Å². The van der Waals surface area contributed by atoms with Crippen molar-refractivity contribution in [2.75, 3.05) is 0 Å². The molecule has 62 valence electrons. The summed E-state index contributed by atoms with van der Waals surface area (Å²) < 4.78 is 0. The minimum atomic E-state index is 0.931. The van der Waals surface area contributed by atoms with E-state index in [0.717, 1.165) is 16.3 Å². The van der Waals surface area contributed by atoms with Gasteiger partial charge in [-0.2, -0.15) is 4.79 Å². The van der Waals surface area contributed by atoms with Crippen LogP contribution in [0.3, 0.4) is 0 Å². The highest BCUT2D eigenvalue weighted by molar-refractivity contribution is 5.97. The first-order valence-electron chi connectivity index (χ1n) is 4.07. The Balaban J connectivity index is 2.82. The number of fused-ring (bicyclic) bond motifs is 1. The average molecular weight is 168 g/mol. The Bertz CT molecular complexity index is 477. The van der Waals surface area contributed by atoms with Crippen molar-refractivity contribution >= 4 is 17.0 Å². The normalized spacial score (nSPS) is 9.54. The second-order valence-electron chi connectivity index (χ2n) is 2.81. The van der Waals surface area contributed by atoms with Crippen molar-refractivity contribution in [1.29, 1.82) is 0 Å². The van der Waals surface area contributed by atoms with Crippen LogP contribution in [0.15, 0.2) is 42.5 Å². The summed E-state index contributed by atoms with van der Waals surface area (Å²) in [4.78, 5) is 3.03. The fourth-order valence-electron chi connectivity index (χ4n) is 1.43. The molecule has 0 amide bonds. The first kappa shape index (κ1) is 7.71. The summed E-state index contributed by atoms with van der Waals surface area (Å²) in [5.41, 5.74) is 9.38. The lowest BCUT2D eigenvalue weighted by atomic mass is 10.1. The first-order valence-corrected chi connectivity index (χ1v) is 4.07. The van der Waals surface area contributed by atoms with E-state index in [9.17, 15) is 0 Å². The molecule has 0 aliphatic carbocycles. The van der Waals surface area contributed by atoms with E-state index < -0.39 is 0 Å². The largest absolute Gasteiger partial charge is 0.361 e. The summed E-state index contributed by atoms with van der Waals surface area (Å²) in [7, 11) is 0. The van der Waals surface area contributed by atoms with E-state index in [4.69, 9.17) is 5.53 Å². The third kappa shape index (κ3) is 1.35. The molecule has 2 heteroatoms. The van der Waals surface area contributed by atoms with Gasteiger partial charge in [-0.15, -0.1) is 0 Å². The Morgan fingerprint density at radius 3 is 2.62 bits per heavy atom. The quantitative estimate of drug-likeness (QED) is 0.356. The van der Waals surface area contributed by atoms with Gasteiger partial charge in [-0.05, 0) is 16.8 Å². The Kier molecular flexibility index (Phi) is 1.91. The van der Waals surface area contributed by atoms with Crippen LogP contribution in [0.4, 0.5) is 0 Å². The van der Waals surface area contributed by atoms with Crippen LogP contribution in [0.5, 0.6) is 0 Å². The Labute approximate surface area is 76.1 Å². The highest BCUT2D eigenvalue weighted by atomic mass is 14.8. The van der Waals surface area contributed by atoms with Crippen molar-refractivity contribution in [3.05, 3.63) is 53.6 Å². The molecule has 0 N–H and O–H groups in total. The van der Waals surface area contributed by atoms with Gasteiger partial charge in [0.2, 0.25) is 0 Å². The van der Waals surface area contributed by atoms with Crippen molar-refractivity contribution < 1.29 is 4.79 Å². The molecular weight excluding hydrogens is 160 g/mol. The summed E-state index contributed by atoms with van der Waals surface area (Å²) in [5.74, 6) is 0. The highest BCUT2D eigenvalue weighted by Crippen LogP contribution is 2.16. The lowest BCUT2D eigenvalue weighted by Crippen LogP contribution is -1.83. The van der Waals surface area contributed by atoms with E-state index in [2.05, 4.69) is 4.79 Å². The lowest BCUT2D eigenvalue weighted by molar-refractivity contribution is 0.00467. The zero-order valence-electron chi connectivity index (χ0n) is 7.01. The average Bonchev–Trinajstić information content (AvgIpc) is 2.19. The monoisotopic (exact) mass is 168 g/mol. The van der Waals surface area contributed by atoms with Gasteiger partial charge in [0.1, 0.15) is 0 Å². The number of benzene rings is 2. The summed E-state index contributed by atoms with van der Waals surface area (Å²) in [5, 5.41) is 2.25. The maximum Gasteiger partial charge on any atom is 0.288 e. The predicted octanol–water partition coefficient (Wildman–Crippen LogP) is 2.49. The van der Waals surface area contributed by atoms with Gasteiger partial charge in [-0.1, -0.05) is 36.4 Å². The molecule has 13 heavy (non-hydrogen) atoms. The van der Waals surface area contributed by atoms with Crippen LogP contribution in [0.2, 0.25) is 0 Å². The number of nitrogens with zero attached hydrogens (tertiary/aromatic N) is 2. The standard InChI is InChI=1S/C11H8N2/c12-13-8-10-6-3-5-9-4-1-2-7-11(9)10/h1-8H. The molecule has 0 unspecified atom stereocenters. The van der Waals surface area contributed by atoms with Gasteiger partial charge >= 0.3 is 0 Å². The summed E-state index contributed by atoms with van der Waals surface area (Å²) in [6.07, 6.45) is 1.45. The van der Waals surface area contributed by atoms with Crippen LogP contribution in [0.25, 0.3) is 16.3 Å². The molecule has 2 rings (SSSR count). The van der Waals surface area contributed by atoms with Crippen molar-refractivity contribution in [2.45, 2.75) is 0 Å². The number of hydrogen-bond acceptors (Lipinski definition) is 0. The van der Waals surface area contributed by atoms with Crippen molar-refractivity contribution in [3.63, 3.8) is 0 Å². The smallest absolute Gasteiger partial charge is 0.288 e. The van der Waals surface area contributed by atoms with Crippen LogP contribution >= 0.6 is 0 Å². The maximum absolute atomic E-state index is 8.45. The molecule has 0 atom stereocenters. The molecule has 0 aromatic heterocycles. The molecule has 0 heterocycles. The predicted molar refractivity (Wildman–Crippen MR) is 52.7 cm³/mol. The number of rotatable bonds is 1. The van der Waals surface area contributed by atoms with E-state index in [-0.39, 0.29) is 0 Å². The van der Waals surface area contributed by atoms with Gasteiger partial charge in [0, 0.05) is 0 Å². The molecule has 0 fully saturated rings. The molecule has 0 aliphatic heterocycles. The van der Waals surface area contributed by atoms with Crippen LogP contribution in [0.1, 0.15) is 5.56 Å². The molecule has 2 aromatic carbocycles. The minimum Gasteiger partial charge on any atom is -0.361 e. The summed E-state index contributed by atoms with van der Waals surface area (Å²) in [6, 6.07) is 13.9. The van der Waals surface area contributed by atoms with Gasteiger partial charge in [0.15, 0.2) is 0 Å². The summed E-state index contributed by atoms with van der Waals surface area (Å²) >= 11 is 0. The second kappa shape index (κ2) is 3.21. The van der Waals surface area contributed by atoms with Gasteiger partial charge in [0.25, 0.3) is 6.21 Å². The van der Waals surface area contributed by atoms with Crippen molar-refractivity contribution in [2.24, 2.45) is 0 Å². The fraction of sp³-hybridized carbons (Fsp3) is 0. The molecular formula is C11H8N2.